The fraction of sp³-hybridized carbons (Fsp3) is 0.750. The first-order valence-electron chi connectivity index (χ1n) is 6.20. The van der Waals surface area contributed by atoms with E-state index in [0.29, 0.717) is 6.04 Å². The summed E-state index contributed by atoms with van der Waals surface area (Å²) in [5.74, 6) is 0. The van der Waals surface area contributed by atoms with Crippen molar-refractivity contribution < 1.29 is 0 Å². The Kier molecular flexibility index (Phi) is 4.22. The van der Waals surface area contributed by atoms with Crippen molar-refractivity contribution in [2.45, 2.75) is 26.4 Å². The van der Waals surface area contributed by atoms with Gasteiger partial charge in [-0.05, 0) is 36.8 Å². The third-order valence-corrected chi connectivity index (χ3v) is 3.91. The van der Waals surface area contributed by atoms with Gasteiger partial charge in [0.1, 0.15) is 0 Å². The van der Waals surface area contributed by atoms with Crippen LogP contribution in [0.25, 0.3) is 0 Å². The number of nitrogens with zero attached hydrogens (tertiary/aromatic N) is 4. The normalized spacial score (nSPS) is 19.1. The molecule has 17 heavy (non-hydrogen) atoms. The highest BCUT2D eigenvalue weighted by atomic mass is 79.9. The summed E-state index contributed by atoms with van der Waals surface area (Å²) in [5.41, 5.74) is 1.30. The zero-order chi connectivity index (χ0) is 12.4. The van der Waals surface area contributed by atoms with E-state index in [2.05, 4.69) is 56.2 Å². The minimum atomic E-state index is 0.453. The van der Waals surface area contributed by atoms with Gasteiger partial charge in [0.25, 0.3) is 0 Å². The Morgan fingerprint density at radius 1 is 1.29 bits per heavy atom. The maximum Gasteiger partial charge on any atom is 0.177 e. The lowest BCUT2D eigenvalue weighted by Crippen LogP contribution is -2.44. The van der Waals surface area contributed by atoms with Crippen molar-refractivity contribution in [2.75, 3.05) is 33.2 Å². The Labute approximate surface area is 112 Å². The fourth-order valence-electron chi connectivity index (χ4n) is 2.27. The topological polar surface area (TPSA) is 24.3 Å². The van der Waals surface area contributed by atoms with Gasteiger partial charge >= 0.3 is 0 Å². The molecule has 0 unspecified atom stereocenters. The van der Waals surface area contributed by atoms with Crippen molar-refractivity contribution in [1.29, 1.82) is 0 Å². The number of hydrogen-bond donors (Lipinski definition) is 0. The Balaban J connectivity index is 2.03. The summed E-state index contributed by atoms with van der Waals surface area (Å²) >= 11 is 3.52. The standard InChI is InChI=1S/C12H21BrN4/c1-10(2)17-11(8-14-12(17)13)9-16-6-4-15(3)5-7-16/h8,10H,4-7,9H2,1-3H3. The van der Waals surface area contributed by atoms with Crippen LogP contribution in [0, 0.1) is 0 Å². The van der Waals surface area contributed by atoms with E-state index in [1.54, 1.807) is 0 Å². The summed E-state index contributed by atoms with van der Waals surface area (Å²) in [4.78, 5) is 9.24. The quantitative estimate of drug-likeness (QED) is 0.853. The Morgan fingerprint density at radius 2 is 1.94 bits per heavy atom. The molecule has 0 aliphatic carbocycles. The van der Waals surface area contributed by atoms with Gasteiger partial charge < -0.3 is 9.47 Å². The highest BCUT2D eigenvalue weighted by Crippen LogP contribution is 2.19. The van der Waals surface area contributed by atoms with Crippen molar-refractivity contribution in [3.8, 4) is 0 Å². The van der Waals surface area contributed by atoms with Gasteiger partial charge in [-0.25, -0.2) is 4.98 Å². The molecule has 0 amide bonds. The van der Waals surface area contributed by atoms with Gasteiger partial charge in [0.15, 0.2) is 4.73 Å². The summed E-state index contributed by atoms with van der Waals surface area (Å²) in [6.45, 7) is 10.0. The zero-order valence-electron chi connectivity index (χ0n) is 10.9. The van der Waals surface area contributed by atoms with Crippen LogP contribution in [-0.2, 0) is 6.54 Å². The molecule has 1 aliphatic rings. The van der Waals surface area contributed by atoms with Gasteiger partial charge in [-0.15, -0.1) is 0 Å². The Bertz CT molecular complexity index is 367. The van der Waals surface area contributed by atoms with Gasteiger partial charge in [-0.2, -0.15) is 0 Å². The van der Waals surface area contributed by atoms with Gasteiger partial charge in [0.05, 0.1) is 11.9 Å². The first kappa shape index (κ1) is 13.1. The number of piperazine rings is 1. The smallest absolute Gasteiger partial charge is 0.177 e. The summed E-state index contributed by atoms with van der Waals surface area (Å²) in [6, 6.07) is 0.453. The van der Waals surface area contributed by atoms with Gasteiger partial charge in [0.2, 0.25) is 0 Å². The molecule has 96 valence electrons. The lowest BCUT2D eigenvalue weighted by atomic mass is 10.3. The van der Waals surface area contributed by atoms with Crippen molar-refractivity contribution in [1.82, 2.24) is 19.4 Å². The lowest BCUT2D eigenvalue weighted by molar-refractivity contribution is 0.145. The van der Waals surface area contributed by atoms with Crippen molar-refractivity contribution in [3.63, 3.8) is 0 Å². The van der Waals surface area contributed by atoms with Crippen LogP contribution in [0.15, 0.2) is 10.9 Å². The van der Waals surface area contributed by atoms with Crippen molar-refractivity contribution >= 4 is 15.9 Å². The van der Waals surface area contributed by atoms with E-state index in [1.165, 1.54) is 5.69 Å². The molecule has 1 aromatic heterocycles. The number of imidazole rings is 1. The Morgan fingerprint density at radius 3 is 2.53 bits per heavy atom. The van der Waals surface area contributed by atoms with E-state index in [1.807, 2.05) is 6.20 Å². The van der Waals surface area contributed by atoms with Crippen LogP contribution in [-0.4, -0.2) is 52.6 Å². The van der Waals surface area contributed by atoms with Crippen molar-refractivity contribution in [2.24, 2.45) is 0 Å². The second-order valence-electron chi connectivity index (χ2n) is 5.06. The van der Waals surface area contributed by atoms with Crippen LogP contribution in [0.1, 0.15) is 25.6 Å². The van der Waals surface area contributed by atoms with Crippen LogP contribution in [0.5, 0.6) is 0 Å². The second kappa shape index (κ2) is 5.50. The first-order chi connectivity index (χ1) is 8.08. The fourth-order valence-corrected chi connectivity index (χ4v) is 3.01. The van der Waals surface area contributed by atoms with Crippen LogP contribution in [0.3, 0.4) is 0 Å². The minimum Gasteiger partial charge on any atom is -0.319 e. The van der Waals surface area contributed by atoms with Crippen molar-refractivity contribution in [3.05, 3.63) is 16.6 Å². The number of halogens is 1. The molecule has 0 saturated carbocycles. The molecule has 0 aromatic carbocycles. The average Bonchev–Trinajstić information content (AvgIpc) is 2.63. The van der Waals surface area contributed by atoms with E-state index in [9.17, 15) is 0 Å². The second-order valence-corrected chi connectivity index (χ2v) is 5.77. The molecule has 2 rings (SSSR count). The number of hydrogen-bond acceptors (Lipinski definition) is 3. The molecule has 2 heterocycles. The number of aromatic nitrogens is 2. The van der Waals surface area contributed by atoms with E-state index in [0.717, 1.165) is 37.5 Å². The molecular formula is C12H21BrN4. The maximum atomic E-state index is 4.36. The van der Waals surface area contributed by atoms with Gasteiger partial charge in [-0.1, -0.05) is 0 Å². The lowest BCUT2D eigenvalue weighted by Gasteiger charge is -2.32. The molecule has 1 saturated heterocycles. The summed E-state index contributed by atoms with van der Waals surface area (Å²) in [7, 11) is 2.19. The minimum absolute atomic E-state index is 0.453. The predicted molar refractivity (Wildman–Crippen MR) is 73.1 cm³/mol. The maximum absolute atomic E-state index is 4.36. The molecule has 1 aliphatic heterocycles. The highest BCUT2D eigenvalue weighted by Gasteiger charge is 2.17. The molecule has 0 spiro atoms. The van der Waals surface area contributed by atoms with Crippen LogP contribution in [0.2, 0.25) is 0 Å². The van der Waals surface area contributed by atoms with E-state index < -0.39 is 0 Å². The number of rotatable bonds is 3. The molecule has 0 atom stereocenters. The molecule has 1 fully saturated rings. The third kappa shape index (κ3) is 3.09. The van der Waals surface area contributed by atoms with Crippen LogP contribution in [0.4, 0.5) is 0 Å². The number of likely N-dealkylation sites (N-methyl/N-ethyl adjacent to an activating group) is 1. The molecular weight excluding hydrogens is 280 g/mol. The molecule has 1 aromatic rings. The van der Waals surface area contributed by atoms with E-state index in [4.69, 9.17) is 0 Å². The molecule has 0 bridgehead atoms. The molecule has 4 nitrogen and oxygen atoms in total. The molecule has 0 N–H and O–H groups in total. The highest BCUT2D eigenvalue weighted by molar-refractivity contribution is 9.10. The molecule has 5 heteroatoms. The van der Waals surface area contributed by atoms with Gasteiger partial charge in [0, 0.05) is 38.8 Å². The summed E-state index contributed by atoms with van der Waals surface area (Å²) < 4.78 is 3.20. The first-order valence-corrected chi connectivity index (χ1v) is 6.99. The largest absolute Gasteiger partial charge is 0.319 e. The predicted octanol–water partition coefficient (Wildman–Crippen LogP) is 1.97. The summed E-state index contributed by atoms with van der Waals surface area (Å²) in [5, 5.41) is 0. The van der Waals surface area contributed by atoms with E-state index >= 15 is 0 Å². The van der Waals surface area contributed by atoms with E-state index in [-0.39, 0.29) is 0 Å². The Hall–Kier alpha value is -0.390. The third-order valence-electron chi connectivity index (χ3n) is 3.33. The van der Waals surface area contributed by atoms with Crippen LogP contribution >= 0.6 is 15.9 Å². The average molecular weight is 301 g/mol. The van der Waals surface area contributed by atoms with Crippen LogP contribution < -0.4 is 0 Å². The zero-order valence-corrected chi connectivity index (χ0v) is 12.4. The molecule has 0 radical (unpaired) electrons. The summed E-state index contributed by atoms with van der Waals surface area (Å²) in [6.07, 6.45) is 1.99. The SMILES string of the molecule is CC(C)n1c(CN2CCN(C)CC2)cnc1Br. The van der Waals surface area contributed by atoms with Gasteiger partial charge in [-0.3, -0.25) is 4.90 Å². The monoisotopic (exact) mass is 300 g/mol.